The molecule has 0 fully saturated rings. The first-order valence-electron chi connectivity index (χ1n) is 2.75. The van der Waals surface area contributed by atoms with Crippen LogP contribution in [0.25, 0.3) is 0 Å². The summed E-state index contributed by atoms with van der Waals surface area (Å²) in [6.45, 7) is 0. The third-order valence-corrected chi connectivity index (χ3v) is 0.791. The fourth-order valence-electron chi connectivity index (χ4n) is 0.238. The Balaban J connectivity index is 4.22. The summed E-state index contributed by atoms with van der Waals surface area (Å²) < 4.78 is 83.0. The van der Waals surface area contributed by atoms with Crippen LogP contribution < -0.4 is 0 Å². The van der Waals surface area contributed by atoms with E-state index in [1.165, 1.54) is 0 Å². The van der Waals surface area contributed by atoms with Crippen LogP contribution in [0.3, 0.4) is 0 Å². The molecule has 0 rings (SSSR count). The number of ether oxygens (including phenoxy) is 1. The minimum atomic E-state index is -4.97. The molecular formula is C5H3F7O. The minimum absolute atomic E-state index is 0.739. The first-order valence-corrected chi connectivity index (χ1v) is 2.75. The highest BCUT2D eigenvalue weighted by Crippen LogP contribution is 2.25. The molecule has 8 heteroatoms. The van der Waals surface area contributed by atoms with Crippen molar-refractivity contribution in [3.63, 3.8) is 0 Å². The van der Waals surface area contributed by atoms with Gasteiger partial charge < -0.3 is 4.74 Å². The summed E-state index contributed by atoms with van der Waals surface area (Å²) >= 11 is 0. The van der Waals surface area contributed by atoms with E-state index in [-0.39, 0.29) is 0 Å². The topological polar surface area (TPSA) is 9.23 Å². The average Bonchev–Trinajstić information content (AvgIpc) is 1.99. The maximum Gasteiger partial charge on any atom is 0.460 e. The monoisotopic (exact) mass is 212 g/mol. The van der Waals surface area contributed by atoms with Crippen LogP contribution in [-0.4, -0.2) is 19.0 Å². The van der Waals surface area contributed by atoms with E-state index in [2.05, 4.69) is 4.74 Å². The van der Waals surface area contributed by atoms with Gasteiger partial charge in [0.15, 0.2) is 0 Å². The first-order chi connectivity index (χ1) is 5.77. The molecule has 0 aromatic rings. The van der Waals surface area contributed by atoms with Gasteiger partial charge in [0, 0.05) is 0 Å². The molecule has 0 aromatic carbocycles. The highest BCUT2D eigenvalue weighted by Gasteiger charge is 2.43. The van der Waals surface area contributed by atoms with Crippen molar-refractivity contribution in [2.75, 3.05) is 0 Å². The molecule has 0 aliphatic carbocycles. The van der Waals surface area contributed by atoms with Gasteiger partial charge in [0.05, 0.1) is 0 Å². The number of halogens is 7. The van der Waals surface area contributed by atoms with Gasteiger partial charge in [0.2, 0.25) is 5.83 Å². The second-order valence-corrected chi connectivity index (χ2v) is 1.78. The lowest BCUT2D eigenvalue weighted by atomic mass is 10.6. The first kappa shape index (κ1) is 12.0. The Labute approximate surface area is 67.8 Å². The Morgan fingerprint density at radius 2 is 1.62 bits per heavy atom. The van der Waals surface area contributed by atoms with E-state index in [9.17, 15) is 30.7 Å². The van der Waals surface area contributed by atoms with Gasteiger partial charge in [-0.15, -0.1) is 0 Å². The van der Waals surface area contributed by atoms with Crippen molar-refractivity contribution in [3.8, 4) is 0 Å². The zero-order valence-electron chi connectivity index (χ0n) is 5.79. The zero-order valence-corrected chi connectivity index (χ0v) is 5.79. The normalized spacial score (nSPS) is 14.1. The van der Waals surface area contributed by atoms with Crippen LogP contribution in [0.4, 0.5) is 30.7 Å². The SMILES string of the molecule is FC(=COC(F)(F)C(F)F)C(F)F. The Morgan fingerprint density at radius 3 is 1.92 bits per heavy atom. The Bertz CT molecular complexity index is 187. The van der Waals surface area contributed by atoms with Crippen molar-refractivity contribution >= 4 is 0 Å². The summed E-state index contributed by atoms with van der Waals surface area (Å²) in [4.78, 5) is 0. The second kappa shape index (κ2) is 4.33. The predicted octanol–water partition coefficient (Wildman–Crippen LogP) is 2.94. The molecule has 0 N–H and O–H groups in total. The second-order valence-electron chi connectivity index (χ2n) is 1.78. The van der Waals surface area contributed by atoms with Gasteiger partial charge in [-0.25, -0.2) is 13.2 Å². The fraction of sp³-hybridized carbons (Fsp3) is 0.600. The predicted molar refractivity (Wildman–Crippen MR) is 27.2 cm³/mol. The van der Waals surface area contributed by atoms with Crippen LogP contribution in [0.2, 0.25) is 0 Å². The van der Waals surface area contributed by atoms with Gasteiger partial charge >= 0.3 is 12.5 Å². The van der Waals surface area contributed by atoms with Crippen LogP contribution >= 0.6 is 0 Å². The van der Waals surface area contributed by atoms with Gasteiger partial charge in [-0.1, -0.05) is 0 Å². The molecule has 0 amide bonds. The summed E-state index contributed by atoms with van der Waals surface area (Å²) in [5.41, 5.74) is 0. The van der Waals surface area contributed by atoms with Crippen molar-refractivity contribution in [3.05, 3.63) is 12.1 Å². The van der Waals surface area contributed by atoms with E-state index in [4.69, 9.17) is 0 Å². The molecule has 0 saturated carbocycles. The van der Waals surface area contributed by atoms with Crippen molar-refractivity contribution in [2.45, 2.75) is 19.0 Å². The van der Waals surface area contributed by atoms with Crippen LogP contribution in [0.5, 0.6) is 0 Å². The maximum atomic E-state index is 11.7. The molecule has 13 heavy (non-hydrogen) atoms. The number of hydrogen-bond donors (Lipinski definition) is 0. The highest BCUT2D eigenvalue weighted by molar-refractivity contribution is 4.89. The maximum absolute atomic E-state index is 11.7. The number of hydrogen-bond acceptors (Lipinski definition) is 1. The molecule has 0 heterocycles. The lowest BCUT2D eigenvalue weighted by molar-refractivity contribution is -0.275. The molecule has 0 unspecified atom stereocenters. The quantitative estimate of drug-likeness (QED) is 0.514. The molecule has 0 saturated heterocycles. The van der Waals surface area contributed by atoms with Crippen molar-refractivity contribution in [2.24, 2.45) is 0 Å². The van der Waals surface area contributed by atoms with E-state index in [0.29, 0.717) is 0 Å². The number of alkyl halides is 6. The van der Waals surface area contributed by atoms with Gasteiger partial charge in [-0.2, -0.15) is 17.6 Å². The molecule has 0 radical (unpaired) electrons. The smallest absolute Gasteiger partial charge is 0.433 e. The zero-order chi connectivity index (χ0) is 10.6. The van der Waals surface area contributed by atoms with Gasteiger partial charge in [0.1, 0.15) is 6.26 Å². The molecule has 0 bridgehead atoms. The van der Waals surface area contributed by atoms with Gasteiger partial charge in [-0.3, -0.25) is 0 Å². The van der Waals surface area contributed by atoms with E-state index in [1.54, 1.807) is 0 Å². The van der Waals surface area contributed by atoms with Crippen LogP contribution in [0.15, 0.2) is 12.1 Å². The van der Waals surface area contributed by atoms with E-state index in [0.717, 1.165) is 0 Å². The molecule has 78 valence electrons. The molecule has 0 aliphatic heterocycles. The third kappa shape index (κ3) is 4.00. The Kier molecular flexibility index (Phi) is 4.02. The molecule has 0 atom stereocenters. The lowest BCUT2D eigenvalue weighted by Gasteiger charge is -2.13. The van der Waals surface area contributed by atoms with Gasteiger partial charge in [-0.05, 0) is 0 Å². The van der Waals surface area contributed by atoms with E-state index >= 15 is 0 Å². The Morgan fingerprint density at radius 1 is 1.15 bits per heavy atom. The Hall–Kier alpha value is -0.950. The average molecular weight is 212 g/mol. The molecule has 0 aromatic heterocycles. The van der Waals surface area contributed by atoms with Crippen molar-refractivity contribution in [1.29, 1.82) is 0 Å². The summed E-state index contributed by atoms with van der Waals surface area (Å²) in [5, 5.41) is 0. The largest absolute Gasteiger partial charge is 0.460 e. The van der Waals surface area contributed by atoms with Gasteiger partial charge in [0.25, 0.3) is 6.43 Å². The molecule has 0 spiro atoms. The summed E-state index contributed by atoms with van der Waals surface area (Å²) in [6, 6.07) is 0. The fourth-order valence-corrected chi connectivity index (χ4v) is 0.238. The summed E-state index contributed by atoms with van der Waals surface area (Å²) in [7, 11) is 0. The third-order valence-electron chi connectivity index (χ3n) is 0.791. The number of rotatable bonds is 4. The van der Waals surface area contributed by atoms with E-state index < -0.39 is 31.0 Å². The summed E-state index contributed by atoms with van der Waals surface area (Å²) in [6.07, 6.45) is -13.6. The van der Waals surface area contributed by atoms with Crippen molar-refractivity contribution in [1.82, 2.24) is 0 Å². The summed E-state index contributed by atoms with van der Waals surface area (Å²) in [5.74, 6) is -2.35. The standard InChI is InChI=1S/C5H3F7O/c6-2(3(7)8)1-13-5(11,12)4(9)10/h1,3-4H. The van der Waals surface area contributed by atoms with Crippen LogP contribution in [0, 0.1) is 0 Å². The highest BCUT2D eigenvalue weighted by atomic mass is 19.3. The van der Waals surface area contributed by atoms with Crippen LogP contribution in [-0.2, 0) is 4.74 Å². The lowest BCUT2D eigenvalue weighted by Crippen LogP contribution is -2.28. The van der Waals surface area contributed by atoms with E-state index in [1.807, 2.05) is 0 Å². The molecular weight excluding hydrogens is 209 g/mol. The van der Waals surface area contributed by atoms with Crippen LogP contribution in [0.1, 0.15) is 0 Å². The van der Waals surface area contributed by atoms with Crippen molar-refractivity contribution < 1.29 is 35.5 Å². The molecule has 0 aliphatic rings. The minimum Gasteiger partial charge on any atom is -0.433 e. The number of allylic oxidation sites excluding steroid dienone is 1. The molecule has 1 nitrogen and oxygen atoms in total.